The van der Waals surface area contributed by atoms with E-state index >= 15 is 0 Å². The average Bonchev–Trinajstić information content (AvgIpc) is 2.62. The van der Waals surface area contributed by atoms with Gasteiger partial charge >= 0.3 is 0 Å². The van der Waals surface area contributed by atoms with Gasteiger partial charge in [0, 0.05) is 5.75 Å². The van der Waals surface area contributed by atoms with Crippen LogP contribution in [-0.2, 0) is 5.75 Å². The van der Waals surface area contributed by atoms with Gasteiger partial charge in [-0.15, -0.1) is 0 Å². The molecular weight excluding hydrogens is 240 g/mol. The van der Waals surface area contributed by atoms with Crippen LogP contribution >= 0.6 is 11.8 Å². The number of rotatable bonds is 1. The van der Waals surface area contributed by atoms with Crippen LogP contribution < -0.4 is 0 Å². The van der Waals surface area contributed by atoms with E-state index in [1.54, 1.807) is 0 Å². The van der Waals surface area contributed by atoms with Crippen molar-refractivity contribution >= 4 is 11.8 Å². The predicted octanol–water partition coefficient (Wildman–Crippen LogP) is 4.02. The summed E-state index contributed by atoms with van der Waals surface area (Å²) >= 11 is 1.90. The zero-order valence-electron chi connectivity index (χ0n) is 10.2. The fourth-order valence-corrected chi connectivity index (χ4v) is 3.40. The predicted molar refractivity (Wildman–Crippen MR) is 77.6 cm³/mol. The molecule has 2 heteroatoms. The maximum atomic E-state index is 10.2. The molecule has 2 aromatic carbocycles. The van der Waals surface area contributed by atoms with Gasteiger partial charge in [-0.2, -0.15) is 11.8 Å². The minimum Gasteiger partial charge on any atom is -0.388 e. The zero-order valence-corrected chi connectivity index (χ0v) is 11.0. The Morgan fingerprint density at radius 2 is 1.83 bits per heavy atom. The van der Waals surface area contributed by atoms with E-state index < -0.39 is 0 Å². The second-order valence-corrected chi connectivity index (χ2v) is 5.74. The SMILES string of the molecule is OC1CCSCc2ccc(-c3ccccc3)cc21. The highest BCUT2D eigenvalue weighted by molar-refractivity contribution is 7.98. The summed E-state index contributed by atoms with van der Waals surface area (Å²) in [6.45, 7) is 0. The molecule has 0 amide bonds. The van der Waals surface area contributed by atoms with Crippen molar-refractivity contribution in [2.24, 2.45) is 0 Å². The highest BCUT2D eigenvalue weighted by Gasteiger charge is 2.17. The number of benzene rings is 2. The first-order valence-electron chi connectivity index (χ1n) is 6.28. The van der Waals surface area contributed by atoms with E-state index in [0.717, 1.165) is 23.5 Å². The highest BCUT2D eigenvalue weighted by atomic mass is 32.2. The number of hydrogen-bond acceptors (Lipinski definition) is 2. The van der Waals surface area contributed by atoms with Crippen molar-refractivity contribution in [3.63, 3.8) is 0 Å². The molecule has 0 radical (unpaired) electrons. The third kappa shape index (κ3) is 2.31. The molecule has 1 N–H and O–H groups in total. The van der Waals surface area contributed by atoms with Crippen molar-refractivity contribution in [3.05, 3.63) is 59.7 Å². The Morgan fingerprint density at radius 1 is 1.00 bits per heavy atom. The third-order valence-corrected chi connectivity index (χ3v) is 4.44. The summed E-state index contributed by atoms with van der Waals surface area (Å²) in [7, 11) is 0. The molecule has 1 nitrogen and oxygen atoms in total. The normalized spacial score (nSPS) is 19.1. The van der Waals surface area contributed by atoms with Gasteiger partial charge in [0.15, 0.2) is 0 Å². The minimum atomic E-state index is -0.307. The summed E-state index contributed by atoms with van der Waals surface area (Å²) < 4.78 is 0. The lowest BCUT2D eigenvalue weighted by molar-refractivity contribution is 0.175. The lowest BCUT2D eigenvalue weighted by Gasteiger charge is -2.13. The summed E-state index contributed by atoms with van der Waals surface area (Å²) in [5.41, 5.74) is 4.80. The van der Waals surface area contributed by atoms with Crippen molar-refractivity contribution in [2.75, 3.05) is 5.75 Å². The molecule has 92 valence electrons. The molecular formula is C16H16OS. The van der Waals surface area contributed by atoms with Crippen LogP contribution in [0.1, 0.15) is 23.7 Å². The van der Waals surface area contributed by atoms with E-state index in [0.29, 0.717) is 0 Å². The monoisotopic (exact) mass is 256 g/mol. The largest absolute Gasteiger partial charge is 0.388 e. The molecule has 1 aliphatic heterocycles. The lowest BCUT2D eigenvalue weighted by Crippen LogP contribution is -1.99. The van der Waals surface area contributed by atoms with Gasteiger partial charge in [0.2, 0.25) is 0 Å². The van der Waals surface area contributed by atoms with Crippen LogP contribution in [0.4, 0.5) is 0 Å². The minimum absolute atomic E-state index is 0.307. The van der Waals surface area contributed by atoms with Crippen molar-refractivity contribution in [2.45, 2.75) is 18.3 Å². The Labute approximate surface area is 112 Å². The second-order valence-electron chi connectivity index (χ2n) is 4.64. The van der Waals surface area contributed by atoms with Gasteiger partial charge in [0.1, 0.15) is 0 Å². The topological polar surface area (TPSA) is 20.2 Å². The quantitative estimate of drug-likeness (QED) is 0.831. The number of aliphatic hydroxyl groups is 1. The van der Waals surface area contributed by atoms with Crippen molar-refractivity contribution in [1.29, 1.82) is 0 Å². The zero-order chi connectivity index (χ0) is 12.4. The maximum absolute atomic E-state index is 10.2. The number of thioether (sulfide) groups is 1. The van der Waals surface area contributed by atoms with Crippen LogP contribution in [0.15, 0.2) is 48.5 Å². The summed E-state index contributed by atoms with van der Waals surface area (Å²) in [5.74, 6) is 2.05. The Hall–Kier alpha value is -1.25. The molecule has 0 bridgehead atoms. The first kappa shape index (κ1) is 11.8. The maximum Gasteiger partial charge on any atom is 0.0801 e. The second kappa shape index (κ2) is 5.17. The summed E-state index contributed by atoms with van der Waals surface area (Å²) in [6.07, 6.45) is 0.550. The molecule has 2 aromatic rings. The molecule has 0 saturated carbocycles. The van der Waals surface area contributed by atoms with Crippen LogP contribution in [0, 0.1) is 0 Å². The molecule has 1 heterocycles. The van der Waals surface area contributed by atoms with Gasteiger partial charge in [0.25, 0.3) is 0 Å². The Bertz CT molecular complexity index is 536. The van der Waals surface area contributed by atoms with Crippen molar-refractivity contribution < 1.29 is 5.11 Å². The van der Waals surface area contributed by atoms with Gasteiger partial charge in [-0.1, -0.05) is 42.5 Å². The number of fused-ring (bicyclic) bond motifs is 1. The number of aliphatic hydroxyl groups excluding tert-OH is 1. The summed E-state index contributed by atoms with van der Waals surface area (Å²) in [5, 5.41) is 10.2. The first-order valence-corrected chi connectivity index (χ1v) is 7.44. The summed E-state index contributed by atoms with van der Waals surface area (Å²) in [6, 6.07) is 16.8. The fourth-order valence-electron chi connectivity index (χ4n) is 2.38. The van der Waals surface area contributed by atoms with Gasteiger partial charge in [-0.05, 0) is 40.5 Å². The van der Waals surface area contributed by atoms with Crippen LogP contribution in [0.5, 0.6) is 0 Å². The fraction of sp³-hybridized carbons (Fsp3) is 0.250. The smallest absolute Gasteiger partial charge is 0.0801 e. The molecule has 1 aliphatic rings. The van der Waals surface area contributed by atoms with Crippen molar-refractivity contribution in [1.82, 2.24) is 0 Å². The standard InChI is InChI=1S/C16H16OS/c17-16-8-9-18-11-14-7-6-13(10-15(14)16)12-4-2-1-3-5-12/h1-7,10,16-17H,8-9,11H2. The molecule has 0 spiro atoms. The van der Waals surface area contributed by atoms with E-state index in [9.17, 15) is 5.11 Å². The van der Waals surface area contributed by atoms with E-state index in [2.05, 4.69) is 30.3 Å². The molecule has 0 saturated heterocycles. The summed E-state index contributed by atoms with van der Waals surface area (Å²) in [4.78, 5) is 0. The Morgan fingerprint density at radius 3 is 2.67 bits per heavy atom. The third-order valence-electron chi connectivity index (χ3n) is 3.41. The first-order chi connectivity index (χ1) is 8.84. The van der Waals surface area contributed by atoms with Crippen LogP contribution in [0.3, 0.4) is 0 Å². The van der Waals surface area contributed by atoms with Crippen LogP contribution in [0.25, 0.3) is 11.1 Å². The molecule has 0 fully saturated rings. The van der Waals surface area contributed by atoms with Gasteiger partial charge in [-0.3, -0.25) is 0 Å². The molecule has 3 rings (SSSR count). The molecule has 0 aliphatic carbocycles. The number of hydrogen-bond donors (Lipinski definition) is 1. The van der Waals surface area contributed by atoms with E-state index in [1.807, 2.05) is 30.0 Å². The Kier molecular flexibility index (Phi) is 3.39. The van der Waals surface area contributed by atoms with Crippen LogP contribution in [0.2, 0.25) is 0 Å². The highest BCUT2D eigenvalue weighted by Crippen LogP contribution is 2.33. The van der Waals surface area contributed by atoms with E-state index in [1.165, 1.54) is 16.7 Å². The van der Waals surface area contributed by atoms with Gasteiger partial charge < -0.3 is 5.11 Å². The molecule has 0 aromatic heterocycles. The Balaban J connectivity index is 2.04. The van der Waals surface area contributed by atoms with Gasteiger partial charge in [-0.25, -0.2) is 0 Å². The average molecular weight is 256 g/mol. The van der Waals surface area contributed by atoms with Crippen LogP contribution in [-0.4, -0.2) is 10.9 Å². The van der Waals surface area contributed by atoms with Gasteiger partial charge in [0.05, 0.1) is 6.10 Å². The van der Waals surface area contributed by atoms with E-state index in [-0.39, 0.29) is 6.10 Å². The molecule has 1 unspecified atom stereocenters. The lowest BCUT2D eigenvalue weighted by atomic mass is 9.96. The molecule has 18 heavy (non-hydrogen) atoms. The van der Waals surface area contributed by atoms with E-state index in [4.69, 9.17) is 0 Å². The molecule has 1 atom stereocenters. The van der Waals surface area contributed by atoms with Crippen molar-refractivity contribution in [3.8, 4) is 11.1 Å².